The first-order chi connectivity index (χ1) is 12.1. The molecule has 0 spiro atoms. The molecule has 4 nitrogen and oxygen atoms in total. The van der Waals surface area contributed by atoms with E-state index in [4.69, 9.17) is 4.74 Å². The van der Waals surface area contributed by atoms with Crippen molar-refractivity contribution in [2.75, 3.05) is 6.61 Å². The summed E-state index contributed by atoms with van der Waals surface area (Å²) in [5.74, 6) is 1.69. The molecule has 0 radical (unpaired) electrons. The molecule has 4 heteroatoms. The number of aromatic nitrogens is 2. The maximum atomic E-state index is 10.3. The lowest BCUT2D eigenvalue weighted by Gasteiger charge is -2.14. The molecular formula is C21H26N2O2. The highest BCUT2D eigenvalue weighted by Crippen LogP contribution is 2.24. The highest BCUT2D eigenvalue weighted by Gasteiger charge is 2.16. The molecule has 0 fully saturated rings. The minimum absolute atomic E-state index is 0.535. The summed E-state index contributed by atoms with van der Waals surface area (Å²) in [4.78, 5) is 4.62. The molecule has 0 saturated carbocycles. The van der Waals surface area contributed by atoms with Crippen LogP contribution in [0.2, 0.25) is 0 Å². The summed E-state index contributed by atoms with van der Waals surface area (Å²) >= 11 is 0. The number of fused-ring (bicyclic) bond motifs is 1. The summed E-state index contributed by atoms with van der Waals surface area (Å²) in [7, 11) is 0. The normalized spacial score (nSPS) is 12.5. The van der Waals surface area contributed by atoms with Crippen LogP contribution in [0.1, 0.15) is 42.8 Å². The van der Waals surface area contributed by atoms with Gasteiger partial charge in [0.15, 0.2) is 0 Å². The predicted molar refractivity (Wildman–Crippen MR) is 101 cm³/mol. The molecule has 2 aromatic carbocycles. The number of aryl methyl sites for hydroxylation is 2. The summed E-state index contributed by atoms with van der Waals surface area (Å²) in [6.07, 6.45) is 0.978. The molecule has 3 rings (SSSR count). The maximum Gasteiger partial charge on any atom is 0.138 e. The van der Waals surface area contributed by atoms with E-state index in [1.54, 1.807) is 0 Å². The van der Waals surface area contributed by atoms with E-state index in [0.717, 1.165) is 35.6 Å². The van der Waals surface area contributed by atoms with Crippen molar-refractivity contribution >= 4 is 11.0 Å². The second-order valence-electron chi connectivity index (χ2n) is 6.43. The van der Waals surface area contributed by atoms with Crippen LogP contribution in [0.15, 0.2) is 42.5 Å². The van der Waals surface area contributed by atoms with Crippen LogP contribution >= 0.6 is 0 Å². The van der Waals surface area contributed by atoms with Crippen LogP contribution in [0.3, 0.4) is 0 Å². The first-order valence-corrected chi connectivity index (χ1v) is 8.94. The lowest BCUT2D eigenvalue weighted by molar-refractivity contribution is 0.158. The average Bonchev–Trinajstić information content (AvgIpc) is 3.00. The zero-order valence-corrected chi connectivity index (χ0v) is 15.2. The largest absolute Gasteiger partial charge is 0.493 e. The third-order valence-electron chi connectivity index (χ3n) is 4.71. The van der Waals surface area contributed by atoms with E-state index in [0.29, 0.717) is 13.0 Å². The Morgan fingerprint density at radius 1 is 1.12 bits per heavy atom. The summed E-state index contributed by atoms with van der Waals surface area (Å²) in [5, 5.41) is 10.3. The lowest BCUT2D eigenvalue weighted by atomic mass is 10.1. The molecule has 0 unspecified atom stereocenters. The van der Waals surface area contributed by atoms with E-state index in [2.05, 4.69) is 35.5 Å². The fraction of sp³-hybridized carbons (Fsp3) is 0.381. The van der Waals surface area contributed by atoms with Crippen LogP contribution in [0.25, 0.3) is 11.0 Å². The van der Waals surface area contributed by atoms with Gasteiger partial charge in [-0.25, -0.2) is 4.98 Å². The predicted octanol–water partition coefficient (Wildman–Crippen LogP) is 4.57. The molecule has 0 amide bonds. The zero-order valence-electron chi connectivity index (χ0n) is 15.2. The fourth-order valence-electron chi connectivity index (χ4n) is 3.05. The van der Waals surface area contributed by atoms with Gasteiger partial charge in [0.2, 0.25) is 0 Å². The van der Waals surface area contributed by atoms with E-state index in [-0.39, 0.29) is 0 Å². The molecule has 0 aliphatic heterocycles. The number of hydrogen-bond acceptors (Lipinski definition) is 3. The standard InChI is InChI=1S/C21H26N2O2/c1-4-19(24)21-22-17-10-5-6-11-18(17)23(21)13-8-14-25-20-12-7-9-15(2)16(20)3/h5-7,9-12,19,24H,4,8,13-14H2,1-3H3/t19-/m1/s1. The van der Waals surface area contributed by atoms with Crippen LogP contribution in [0, 0.1) is 13.8 Å². The number of hydrogen-bond donors (Lipinski definition) is 1. The molecule has 0 bridgehead atoms. The monoisotopic (exact) mass is 338 g/mol. The van der Waals surface area contributed by atoms with Gasteiger partial charge < -0.3 is 14.4 Å². The van der Waals surface area contributed by atoms with Gasteiger partial charge in [0, 0.05) is 6.54 Å². The van der Waals surface area contributed by atoms with Crippen molar-refractivity contribution in [2.24, 2.45) is 0 Å². The van der Waals surface area contributed by atoms with Crippen LogP contribution in [0.5, 0.6) is 5.75 Å². The highest BCUT2D eigenvalue weighted by atomic mass is 16.5. The van der Waals surface area contributed by atoms with E-state index >= 15 is 0 Å². The Kier molecular flexibility index (Phi) is 5.39. The van der Waals surface area contributed by atoms with Crippen molar-refractivity contribution in [2.45, 2.75) is 46.3 Å². The van der Waals surface area contributed by atoms with Gasteiger partial charge in [0.1, 0.15) is 17.7 Å². The molecule has 1 heterocycles. The van der Waals surface area contributed by atoms with Gasteiger partial charge in [-0.1, -0.05) is 31.2 Å². The number of imidazole rings is 1. The Hall–Kier alpha value is -2.33. The number of nitrogens with zero attached hydrogens (tertiary/aromatic N) is 2. The topological polar surface area (TPSA) is 47.3 Å². The molecule has 0 saturated heterocycles. The maximum absolute atomic E-state index is 10.3. The molecule has 3 aromatic rings. The second kappa shape index (κ2) is 7.70. The Labute approximate surface area is 149 Å². The van der Waals surface area contributed by atoms with Crippen molar-refractivity contribution in [3.05, 3.63) is 59.4 Å². The van der Waals surface area contributed by atoms with Gasteiger partial charge in [-0.3, -0.25) is 0 Å². The summed E-state index contributed by atoms with van der Waals surface area (Å²) in [6.45, 7) is 7.57. The summed E-state index contributed by atoms with van der Waals surface area (Å²) < 4.78 is 8.08. The number of ether oxygens (including phenoxy) is 1. The Morgan fingerprint density at radius 2 is 1.92 bits per heavy atom. The SMILES string of the molecule is CC[C@@H](O)c1nc2ccccc2n1CCCOc1cccc(C)c1C. The van der Waals surface area contributed by atoms with Gasteiger partial charge in [-0.05, 0) is 56.0 Å². The third-order valence-corrected chi connectivity index (χ3v) is 4.71. The molecule has 1 aromatic heterocycles. The summed E-state index contributed by atoms with van der Waals surface area (Å²) in [5.41, 5.74) is 4.43. The van der Waals surface area contributed by atoms with Crippen molar-refractivity contribution in [3.8, 4) is 5.75 Å². The molecule has 0 aliphatic rings. The second-order valence-corrected chi connectivity index (χ2v) is 6.43. The number of aliphatic hydroxyl groups is 1. The van der Waals surface area contributed by atoms with Crippen LogP contribution in [0.4, 0.5) is 0 Å². The van der Waals surface area contributed by atoms with Gasteiger partial charge in [0.25, 0.3) is 0 Å². The van der Waals surface area contributed by atoms with Gasteiger partial charge in [-0.2, -0.15) is 0 Å². The first kappa shape index (κ1) is 17.5. The third kappa shape index (κ3) is 3.69. The Morgan fingerprint density at radius 3 is 2.72 bits per heavy atom. The van der Waals surface area contributed by atoms with Gasteiger partial charge in [-0.15, -0.1) is 0 Å². The van der Waals surface area contributed by atoms with E-state index in [1.165, 1.54) is 11.1 Å². The van der Waals surface area contributed by atoms with Crippen LogP contribution in [-0.2, 0) is 6.54 Å². The Balaban J connectivity index is 1.71. The molecule has 1 N–H and O–H groups in total. The smallest absolute Gasteiger partial charge is 0.138 e. The van der Waals surface area contributed by atoms with Crippen LogP contribution < -0.4 is 4.74 Å². The average molecular weight is 338 g/mol. The molecule has 132 valence electrons. The lowest BCUT2D eigenvalue weighted by Crippen LogP contribution is -2.11. The van der Waals surface area contributed by atoms with E-state index in [1.807, 2.05) is 37.3 Å². The molecule has 25 heavy (non-hydrogen) atoms. The zero-order chi connectivity index (χ0) is 17.8. The molecule has 0 aliphatic carbocycles. The number of aliphatic hydroxyl groups excluding tert-OH is 1. The van der Waals surface area contributed by atoms with Gasteiger partial charge in [0.05, 0.1) is 17.6 Å². The minimum atomic E-state index is -0.535. The summed E-state index contributed by atoms with van der Waals surface area (Å²) in [6, 6.07) is 14.2. The molecular weight excluding hydrogens is 312 g/mol. The van der Waals surface area contributed by atoms with Crippen LogP contribution in [-0.4, -0.2) is 21.3 Å². The molecule has 1 atom stereocenters. The van der Waals surface area contributed by atoms with E-state index in [9.17, 15) is 5.11 Å². The first-order valence-electron chi connectivity index (χ1n) is 8.94. The fourth-order valence-corrected chi connectivity index (χ4v) is 3.05. The Bertz CT molecular complexity index is 854. The van der Waals surface area contributed by atoms with Crippen molar-refractivity contribution in [1.82, 2.24) is 9.55 Å². The van der Waals surface area contributed by atoms with Crippen molar-refractivity contribution < 1.29 is 9.84 Å². The van der Waals surface area contributed by atoms with Crippen molar-refractivity contribution in [1.29, 1.82) is 0 Å². The number of benzene rings is 2. The van der Waals surface area contributed by atoms with Gasteiger partial charge >= 0.3 is 0 Å². The highest BCUT2D eigenvalue weighted by molar-refractivity contribution is 5.76. The van der Waals surface area contributed by atoms with Crippen molar-refractivity contribution in [3.63, 3.8) is 0 Å². The number of rotatable bonds is 7. The number of para-hydroxylation sites is 2. The van der Waals surface area contributed by atoms with E-state index < -0.39 is 6.10 Å². The quantitative estimate of drug-likeness (QED) is 0.642. The minimum Gasteiger partial charge on any atom is -0.493 e.